The minimum atomic E-state index is -3.58. The van der Waals surface area contributed by atoms with E-state index in [-0.39, 0.29) is 17.9 Å². The first-order valence-corrected chi connectivity index (χ1v) is 13.5. The van der Waals surface area contributed by atoms with Crippen molar-refractivity contribution in [2.75, 3.05) is 17.1 Å². The van der Waals surface area contributed by atoms with Gasteiger partial charge in [-0.05, 0) is 85.0 Å². The number of nitrogens with zero attached hydrogens (tertiary/aromatic N) is 1. The van der Waals surface area contributed by atoms with Gasteiger partial charge in [0.05, 0.1) is 11.9 Å². The summed E-state index contributed by atoms with van der Waals surface area (Å²) in [6.45, 7) is 0.157. The lowest BCUT2D eigenvalue weighted by Crippen LogP contribution is -2.48. The fourth-order valence-electron chi connectivity index (χ4n) is 6.83. The fraction of sp³-hybridized carbons (Fsp3) is 0.500. The molecular formula is C26H32N2O3S. The molecule has 5 nitrogen and oxygen atoms in total. The second-order valence-corrected chi connectivity index (χ2v) is 12.2. The second-order valence-electron chi connectivity index (χ2n) is 10.3. The van der Waals surface area contributed by atoms with Crippen molar-refractivity contribution in [3.8, 4) is 0 Å². The van der Waals surface area contributed by atoms with Crippen LogP contribution in [-0.2, 0) is 26.8 Å². The van der Waals surface area contributed by atoms with Crippen LogP contribution >= 0.6 is 0 Å². The topological polar surface area (TPSA) is 66.5 Å². The van der Waals surface area contributed by atoms with Crippen LogP contribution in [0.25, 0.3) is 0 Å². The zero-order valence-electron chi connectivity index (χ0n) is 18.7. The first kappa shape index (κ1) is 21.5. The molecule has 1 N–H and O–H groups in total. The summed E-state index contributed by atoms with van der Waals surface area (Å²) in [5, 5.41) is 2.83. The van der Waals surface area contributed by atoms with E-state index < -0.39 is 10.0 Å². The molecule has 4 aliphatic carbocycles. The van der Waals surface area contributed by atoms with Crippen molar-refractivity contribution in [1.82, 2.24) is 5.32 Å². The summed E-state index contributed by atoms with van der Waals surface area (Å²) >= 11 is 0. The van der Waals surface area contributed by atoms with Crippen molar-refractivity contribution in [2.24, 2.45) is 17.8 Å². The highest BCUT2D eigenvalue weighted by molar-refractivity contribution is 7.92. The molecule has 0 radical (unpaired) electrons. The Morgan fingerprint density at radius 2 is 1.50 bits per heavy atom. The summed E-state index contributed by atoms with van der Waals surface area (Å²) in [6, 6.07) is 17.6. The zero-order valence-corrected chi connectivity index (χ0v) is 19.5. The first-order chi connectivity index (χ1) is 15.3. The second kappa shape index (κ2) is 8.22. The SMILES string of the molecule is CS(=O)(=O)N(CC(=O)NCc1ccccc1)c1ccc(C23CC4CC(CC(C4)C2)C3)cc1. The van der Waals surface area contributed by atoms with Crippen molar-refractivity contribution in [3.05, 3.63) is 65.7 Å². The minimum absolute atomic E-state index is 0.220. The summed E-state index contributed by atoms with van der Waals surface area (Å²) < 4.78 is 26.2. The summed E-state index contributed by atoms with van der Waals surface area (Å²) in [4.78, 5) is 12.5. The Morgan fingerprint density at radius 1 is 0.938 bits per heavy atom. The molecule has 32 heavy (non-hydrogen) atoms. The van der Waals surface area contributed by atoms with Crippen molar-refractivity contribution in [1.29, 1.82) is 0 Å². The summed E-state index contributed by atoms with van der Waals surface area (Å²) in [5.74, 6) is 2.27. The fourth-order valence-corrected chi connectivity index (χ4v) is 7.68. The Balaban J connectivity index is 1.31. The Labute approximate surface area is 191 Å². The van der Waals surface area contributed by atoms with Gasteiger partial charge in [-0.15, -0.1) is 0 Å². The van der Waals surface area contributed by atoms with E-state index in [1.807, 2.05) is 42.5 Å². The van der Waals surface area contributed by atoms with Gasteiger partial charge in [0.25, 0.3) is 0 Å². The summed E-state index contributed by atoms with van der Waals surface area (Å²) in [6.07, 6.45) is 9.18. The third kappa shape index (κ3) is 4.29. The highest BCUT2D eigenvalue weighted by atomic mass is 32.2. The number of amides is 1. The maximum atomic E-state index is 12.5. The number of anilines is 1. The van der Waals surface area contributed by atoms with E-state index in [1.165, 1.54) is 48.4 Å². The van der Waals surface area contributed by atoms with Crippen LogP contribution in [0.2, 0.25) is 0 Å². The molecule has 0 atom stereocenters. The number of benzene rings is 2. The monoisotopic (exact) mass is 452 g/mol. The normalized spacial score (nSPS) is 28.5. The Hall–Kier alpha value is -2.34. The van der Waals surface area contributed by atoms with E-state index >= 15 is 0 Å². The number of hydrogen-bond acceptors (Lipinski definition) is 3. The molecule has 0 saturated heterocycles. The maximum Gasteiger partial charge on any atom is 0.241 e. The molecule has 0 spiro atoms. The van der Waals surface area contributed by atoms with Gasteiger partial charge >= 0.3 is 0 Å². The number of carbonyl (C=O) groups excluding carboxylic acids is 1. The van der Waals surface area contributed by atoms with E-state index in [9.17, 15) is 13.2 Å². The molecule has 2 aromatic carbocycles. The van der Waals surface area contributed by atoms with Gasteiger partial charge in [0.1, 0.15) is 6.54 Å². The Morgan fingerprint density at radius 3 is 2.03 bits per heavy atom. The molecule has 2 aromatic rings. The van der Waals surface area contributed by atoms with Gasteiger partial charge in [0, 0.05) is 6.54 Å². The molecule has 0 heterocycles. The van der Waals surface area contributed by atoms with Gasteiger partial charge in [-0.25, -0.2) is 8.42 Å². The highest BCUT2D eigenvalue weighted by Gasteiger charge is 2.51. The largest absolute Gasteiger partial charge is 0.350 e. The molecule has 4 saturated carbocycles. The quantitative estimate of drug-likeness (QED) is 0.683. The molecule has 1 amide bonds. The molecule has 4 fully saturated rings. The van der Waals surface area contributed by atoms with Gasteiger partial charge in [-0.1, -0.05) is 42.5 Å². The van der Waals surface area contributed by atoms with E-state index in [0.29, 0.717) is 12.2 Å². The molecule has 0 aliphatic heterocycles. The number of carbonyl (C=O) groups is 1. The van der Waals surface area contributed by atoms with Gasteiger partial charge < -0.3 is 5.32 Å². The molecular weight excluding hydrogens is 420 g/mol. The van der Waals surface area contributed by atoms with Crippen LogP contribution in [0.3, 0.4) is 0 Å². The number of hydrogen-bond donors (Lipinski definition) is 1. The number of nitrogens with one attached hydrogen (secondary N) is 1. The molecule has 170 valence electrons. The molecule has 4 bridgehead atoms. The van der Waals surface area contributed by atoms with Crippen LogP contribution in [0.1, 0.15) is 49.7 Å². The predicted molar refractivity (Wildman–Crippen MR) is 127 cm³/mol. The minimum Gasteiger partial charge on any atom is -0.350 e. The standard InChI is InChI=1S/C26H32N2O3S/c1-32(30,31)28(18-25(29)27-17-19-5-3-2-4-6-19)24-9-7-23(8-10-24)26-14-20-11-21(15-26)13-22(12-20)16-26/h2-10,20-22H,11-18H2,1H3,(H,27,29). The van der Waals surface area contributed by atoms with Gasteiger partial charge in [-0.2, -0.15) is 0 Å². The molecule has 0 aromatic heterocycles. The van der Waals surface area contributed by atoms with E-state index in [2.05, 4.69) is 17.4 Å². The van der Waals surface area contributed by atoms with Crippen LogP contribution in [0, 0.1) is 17.8 Å². The lowest BCUT2D eigenvalue weighted by molar-refractivity contribution is -0.119. The third-order valence-electron chi connectivity index (χ3n) is 7.83. The van der Waals surface area contributed by atoms with Crippen LogP contribution in [0.4, 0.5) is 5.69 Å². The van der Waals surface area contributed by atoms with E-state index in [4.69, 9.17) is 0 Å². The van der Waals surface area contributed by atoms with Gasteiger partial charge in [0.2, 0.25) is 15.9 Å². The smallest absolute Gasteiger partial charge is 0.241 e. The Kier molecular flexibility index (Phi) is 5.52. The van der Waals surface area contributed by atoms with E-state index in [1.54, 1.807) is 0 Å². The lowest BCUT2D eigenvalue weighted by Gasteiger charge is -2.57. The van der Waals surface area contributed by atoms with Crippen LogP contribution in [-0.4, -0.2) is 27.1 Å². The predicted octanol–water partition coefficient (Wildman–Crippen LogP) is 4.24. The van der Waals surface area contributed by atoms with Crippen molar-refractivity contribution < 1.29 is 13.2 Å². The van der Waals surface area contributed by atoms with Crippen LogP contribution in [0.15, 0.2) is 54.6 Å². The van der Waals surface area contributed by atoms with Crippen LogP contribution in [0.5, 0.6) is 0 Å². The number of sulfonamides is 1. The molecule has 4 aliphatic rings. The molecule has 0 unspecified atom stereocenters. The Bertz CT molecular complexity index is 1040. The lowest BCUT2D eigenvalue weighted by atomic mass is 9.48. The molecule has 6 heteroatoms. The number of rotatable bonds is 7. The average Bonchev–Trinajstić information content (AvgIpc) is 2.75. The highest BCUT2D eigenvalue weighted by Crippen LogP contribution is 2.60. The summed E-state index contributed by atoms with van der Waals surface area (Å²) in [7, 11) is -3.58. The van der Waals surface area contributed by atoms with E-state index in [0.717, 1.165) is 29.6 Å². The van der Waals surface area contributed by atoms with Gasteiger partial charge in [0.15, 0.2) is 0 Å². The molecule has 6 rings (SSSR count). The van der Waals surface area contributed by atoms with Crippen molar-refractivity contribution in [2.45, 2.75) is 50.5 Å². The average molecular weight is 453 g/mol. The first-order valence-electron chi connectivity index (χ1n) is 11.7. The summed E-state index contributed by atoms with van der Waals surface area (Å²) in [5.41, 5.74) is 3.15. The van der Waals surface area contributed by atoms with Crippen molar-refractivity contribution >= 4 is 21.6 Å². The van der Waals surface area contributed by atoms with Gasteiger partial charge in [-0.3, -0.25) is 9.10 Å². The van der Waals surface area contributed by atoms with Crippen molar-refractivity contribution in [3.63, 3.8) is 0 Å². The maximum absolute atomic E-state index is 12.5. The zero-order chi connectivity index (χ0) is 22.3. The van der Waals surface area contributed by atoms with Crippen LogP contribution < -0.4 is 9.62 Å². The third-order valence-corrected chi connectivity index (χ3v) is 8.97.